The van der Waals surface area contributed by atoms with Crippen LogP contribution in [-0.2, 0) is 0 Å². The van der Waals surface area contributed by atoms with Crippen LogP contribution in [-0.4, -0.2) is 16.1 Å². The van der Waals surface area contributed by atoms with Gasteiger partial charge in [-0.25, -0.2) is 14.2 Å². The molecule has 0 aliphatic rings. The van der Waals surface area contributed by atoms with Crippen LogP contribution in [0.25, 0.3) is 0 Å². The first-order valence-corrected chi connectivity index (χ1v) is 5.85. The van der Waals surface area contributed by atoms with Gasteiger partial charge in [0.2, 0.25) is 0 Å². The van der Waals surface area contributed by atoms with Crippen molar-refractivity contribution in [3.63, 3.8) is 0 Å². The summed E-state index contributed by atoms with van der Waals surface area (Å²) >= 11 is 11.6. The number of carbonyl (C=O) groups is 1. The van der Waals surface area contributed by atoms with E-state index in [1.165, 1.54) is 30.3 Å². The van der Waals surface area contributed by atoms with E-state index < -0.39 is 11.8 Å². The normalized spacial score (nSPS) is 10.3. The van der Waals surface area contributed by atoms with E-state index in [4.69, 9.17) is 28.3 Å². The van der Waals surface area contributed by atoms with Gasteiger partial charge < -0.3 is 10.4 Å². The zero-order valence-corrected chi connectivity index (χ0v) is 10.8. The van der Waals surface area contributed by atoms with E-state index in [9.17, 15) is 9.18 Å². The van der Waals surface area contributed by atoms with Gasteiger partial charge >= 0.3 is 5.97 Å². The number of nitrogens with one attached hydrogen (secondary N) is 1. The molecule has 98 valence electrons. The van der Waals surface area contributed by atoms with E-state index in [0.29, 0.717) is 0 Å². The summed E-state index contributed by atoms with van der Waals surface area (Å²) in [5.74, 6) is -1.52. The Kier molecular flexibility index (Phi) is 3.87. The molecule has 0 aliphatic heterocycles. The molecular formula is C12H7Cl2FN2O2. The molecule has 0 amide bonds. The zero-order chi connectivity index (χ0) is 14.0. The van der Waals surface area contributed by atoms with Crippen LogP contribution in [0, 0.1) is 5.82 Å². The SMILES string of the molecule is O=C(O)c1nc(Nc2cc(F)ccc2Cl)ccc1Cl. The molecule has 7 heteroatoms. The molecule has 0 bridgehead atoms. The van der Waals surface area contributed by atoms with E-state index in [1.807, 2.05) is 0 Å². The second-order valence-electron chi connectivity index (χ2n) is 3.58. The van der Waals surface area contributed by atoms with Crippen LogP contribution >= 0.6 is 23.2 Å². The lowest BCUT2D eigenvalue weighted by Crippen LogP contribution is -2.04. The Morgan fingerprint density at radius 3 is 2.58 bits per heavy atom. The Bertz CT molecular complexity index is 650. The second kappa shape index (κ2) is 5.42. The third-order valence-corrected chi connectivity index (χ3v) is 2.87. The fourth-order valence-electron chi connectivity index (χ4n) is 1.39. The van der Waals surface area contributed by atoms with E-state index >= 15 is 0 Å². The maximum Gasteiger partial charge on any atom is 0.356 e. The van der Waals surface area contributed by atoms with Crippen LogP contribution in [0.2, 0.25) is 10.0 Å². The summed E-state index contributed by atoms with van der Waals surface area (Å²) in [6, 6.07) is 6.63. The van der Waals surface area contributed by atoms with Gasteiger partial charge in [0.25, 0.3) is 0 Å². The number of carboxylic acid groups (broad SMARTS) is 1. The Morgan fingerprint density at radius 1 is 1.21 bits per heavy atom. The van der Waals surface area contributed by atoms with Gasteiger partial charge in [0.1, 0.15) is 11.6 Å². The maximum atomic E-state index is 13.1. The highest BCUT2D eigenvalue weighted by Crippen LogP contribution is 2.26. The van der Waals surface area contributed by atoms with E-state index in [2.05, 4.69) is 10.3 Å². The number of hydrogen-bond acceptors (Lipinski definition) is 3. The number of anilines is 2. The number of carboxylic acids is 1. The summed E-state index contributed by atoms with van der Waals surface area (Å²) in [4.78, 5) is 14.7. The Morgan fingerprint density at radius 2 is 1.89 bits per heavy atom. The van der Waals surface area contributed by atoms with E-state index in [0.717, 1.165) is 0 Å². The highest BCUT2D eigenvalue weighted by atomic mass is 35.5. The molecule has 1 aromatic heterocycles. The van der Waals surface area contributed by atoms with Crippen LogP contribution in [0.3, 0.4) is 0 Å². The number of halogens is 3. The summed E-state index contributed by atoms with van der Waals surface area (Å²) in [7, 11) is 0. The first kappa shape index (κ1) is 13.6. The number of aromatic nitrogens is 1. The van der Waals surface area contributed by atoms with Crippen molar-refractivity contribution in [2.45, 2.75) is 0 Å². The molecule has 0 saturated heterocycles. The van der Waals surface area contributed by atoms with Gasteiger partial charge in [-0.05, 0) is 30.3 Å². The summed E-state index contributed by atoms with van der Waals surface area (Å²) in [6.07, 6.45) is 0. The quantitative estimate of drug-likeness (QED) is 0.900. The third-order valence-electron chi connectivity index (χ3n) is 2.24. The molecule has 0 fully saturated rings. The summed E-state index contributed by atoms with van der Waals surface area (Å²) in [6.45, 7) is 0. The molecule has 19 heavy (non-hydrogen) atoms. The molecule has 2 aromatic rings. The molecule has 0 spiro atoms. The molecule has 0 unspecified atom stereocenters. The Hall–Kier alpha value is -1.85. The fourth-order valence-corrected chi connectivity index (χ4v) is 1.74. The summed E-state index contributed by atoms with van der Waals surface area (Å²) < 4.78 is 13.1. The molecule has 0 saturated carbocycles. The molecule has 1 heterocycles. The van der Waals surface area contributed by atoms with Crippen molar-refractivity contribution < 1.29 is 14.3 Å². The molecule has 2 N–H and O–H groups in total. The smallest absolute Gasteiger partial charge is 0.356 e. The first-order chi connectivity index (χ1) is 8.97. The Balaban J connectivity index is 2.36. The van der Waals surface area contributed by atoms with Crippen molar-refractivity contribution in [1.29, 1.82) is 0 Å². The van der Waals surface area contributed by atoms with Crippen LogP contribution < -0.4 is 5.32 Å². The van der Waals surface area contributed by atoms with Gasteiger partial charge in [-0.2, -0.15) is 0 Å². The fraction of sp³-hybridized carbons (Fsp3) is 0. The minimum absolute atomic E-state index is 0.0170. The lowest BCUT2D eigenvalue weighted by atomic mass is 10.3. The van der Waals surface area contributed by atoms with E-state index in [-0.39, 0.29) is 27.2 Å². The number of hydrogen-bond donors (Lipinski definition) is 2. The number of nitrogens with zero attached hydrogens (tertiary/aromatic N) is 1. The minimum atomic E-state index is -1.25. The van der Waals surface area contributed by atoms with Crippen molar-refractivity contribution >= 4 is 40.7 Å². The average molecular weight is 301 g/mol. The highest BCUT2D eigenvalue weighted by molar-refractivity contribution is 6.33. The number of benzene rings is 1. The van der Waals surface area contributed by atoms with Crippen molar-refractivity contribution in [3.05, 3.63) is 51.9 Å². The first-order valence-electron chi connectivity index (χ1n) is 5.09. The van der Waals surface area contributed by atoms with Crippen molar-refractivity contribution in [1.82, 2.24) is 4.98 Å². The van der Waals surface area contributed by atoms with Crippen molar-refractivity contribution in [2.75, 3.05) is 5.32 Å². The van der Waals surface area contributed by atoms with Crippen LogP contribution in [0.5, 0.6) is 0 Å². The van der Waals surface area contributed by atoms with Gasteiger partial charge in [0.05, 0.1) is 15.7 Å². The summed E-state index contributed by atoms with van der Waals surface area (Å²) in [5, 5.41) is 11.9. The predicted molar refractivity (Wildman–Crippen MR) is 70.9 cm³/mol. The second-order valence-corrected chi connectivity index (χ2v) is 4.40. The molecule has 4 nitrogen and oxygen atoms in total. The molecule has 0 atom stereocenters. The number of rotatable bonds is 3. The van der Waals surface area contributed by atoms with Crippen molar-refractivity contribution in [3.8, 4) is 0 Å². The minimum Gasteiger partial charge on any atom is -0.476 e. The topological polar surface area (TPSA) is 62.2 Å². The largest absolute Gasteiger partial charge is 0.476 e. The van der Waals surface area contributed by atoms with Crippen LogP contribution in [0.1, 0.15) is 10.5 Å². The third kappa shape index (κ3) is 3.13. The standard InChI is InChI=1S/C12H7Cl2FN2O2/c13-7-2-1-6(15)5-9(7)16-10-4-3-8(14)11(17-10)12(18)19/h1-5H,(H,16,17)(H,18,19). The van der Waals surface area contributed by atoms with Gasteiger partial charge in [0, 0.05) is 0 Å². The number of pyridine rings is 1. The molecule has 1 aromatic carbocycles. The predicted octanol–water partition coefficient (Wildman–Crippen LogP) is 3.97. The lowest BCUT2D eigenvalue weighted by Gasteiger charge is -2.08. The van der Waals surface area contributed by atoms with E-state index in [1.54, 1.807) is 0 Å². The van der Waals surface area contributed by atoms with Crippen molar-refractivity contribution in [2.24, 2.45) is 0 Å². The van der Waals surface area contributed by atoms with Gasteiger partial charge in [-0.1, -0.05) is 23.2 Å². The van der Waals surface area contributed by atoms with Gasteiger partial charge in [0.15, 0.2) is 5.69 Å². The van der Waals surface area contributed by atoms with Gasteiger partial charge in [-0.3, -0.25) is 0 Å². The number of aromatic carboxylic acids is 1. The molecule has 0 radical (unpaired) electrons. The van der Waals surface area contributed by atoms with Crippen LogP contribution in [0.15, 0.2) is 30.3 Å². The average Bonchev–Trinajstić information content (AvgIpc) is 2.36. The molecule has 2 rings (SSSR count). The maximum absolute atomic E-state index is 13.1. The summed E-state index contributed by atoms with van der Waals surface area (Å²) in [5.41, 5.74) is -0.00739. The Labute approximate surface area is 117 Å². The lowest BCUT2D eigenvalue weighted by molar-refractivity contribution is 0.0691. The molecular weight excluding hydrogens is 294 g/mol. The van der Waals surface area contributed by atoms with Crippen LogP contribution in [0.4, 0.5) is 15.9 Å². The highest BCUT2D eigenvalue weighted by Gasteiger charge is 2.12. The monoisotopic (exact) mass is 300 g/mol. The van der Waals surface area contributed by atoms with Gasteiger partial charge in [-0.15, -0.1) is 0 Å². The molecule has 0 aliphatic carbocycles. The zero-order valence-electron chi connectivity index (χ0n) is 9.32.